The van der Waals surface area contributed by atoms with Crippen LogP contribution in [0.2, 0.25) is 0 Å². The highest BCUT2D eigenvalue weighted by Gasteiger charge is 2.43. The van der Waals surface area contributed by atoms with Gasteiger partial charge in [-0.05, 0) is 56.1 Å². The SMILES string of the molecule is COC(=O)C1=C(N)NC(C)=C([N+](=O)[O-])C1c1ccccc1[S+]([O-])CCCC(C)N1CCN(c2ccccc2OC)CC1. The van der Waals surface area contributed by atoms with Gasteiger partial charge in [0.25, 0.3) is 5.70 Å². The Morgan fingerprint density at radius 2 is 1.81 bits per heavy atom. The van der Waals surface area contributed by atoms with Gasteiger partial charge in [-0.1, -0.05) is 30.3 Å². The minimum Gasteiger partial charge on any atom is -0.611 e. The van der Waals surface area contributed by atoms with Gasteiger partial charge >= 0.3 is 5.97 Å². The Kier molecular flexibility index (Phi) is 10.4. The molecular weight excluding hydrogens is 558 g/mol. The first-order chi connectivity index (χ1) is 20.2. The van der Waals surface area contributed by atoms with Crippen molar-refractivity contribution < 1.29 is 23.7 Å². The third-order valence-corrected chi connectivity index (χ3v) is 9.47. The van der Waals surface area contributed by atoms with Crippen LogP contribution in [0.1, 0.15) is 38.2 Å². The maximum Gasteiger partial charge on any atom is 0.338 e. The van der Waals surface area contributed by atoms with Crippen molar-refractivity contribution in [1.82, 2.24) is 10.2 Å². The minimum atomic E-state index is -1.45. The van der Waals surface area contributed by atoms with Crippen LogP contribution in [0.3, 0.4) is 0 Å². The molecule has 2 aromatic rings. The Bertz CT molecular complexity index is 1360. The summed E-state index contributed by atoms with van der Waals surface area (Å²) in [6.07, 6.45) is 1.56. The highest BCUT2D eigenvalue weighted by molar-refractivity contribution is 7.91. The molecule has 2 aliphatic rings. The average molecular weight is 598 g/mol. The molecule has 2 aromatic carbocycles. The molecule has 12 heteroatoms. The quantitative estimate of drug-likeness (QED) is 0.171. The summed E-state index contributed by atoms with van der Waals surface area (Å²) >= 11 is -1.45. The Morgan fingerprint density at radius 3 is 2.48 bits per heavy atom. The highest BCUT2D eigenvalue weighted by Crippen LogP contribution is 2.40. The first-order valence-corrected chi connectivity index (χ1v) is 15.3. The van der Waals surface area contributed by atoms with Gasteiger partial charge in [0.15, 0.2) is 4.90 Å². The van der Waals surface area contributed by atoms with Crippen LogP contribution in [0.15, 0.2) is 76.2 Å². The zero-order valence-corrected chi connectivity index (χ0v) is 25.3. The summed E-state index contributed by atoms with van der Waals surface area (Å²) in [5, 5.41) is 14.9. The maximum atomic E-state index is 13.6. The maximum absolute atomic E-state index is 13.6. The lowest BCUT2D eigenvalue weighted by atomic mass is 9.85. The molecule has 3 N–H and O–H groups in total. The number of para-hydroxylation sites is 2. The minimum absolute atomic E-state index is 0.0184. The smallest absolute Gasteiger partial charge is 0.338 e. The van der Waals surface area contributed by atoms with Crippen molar-refractivity contribution in [2.75, 3.05) is 51.1 Å². The number of ether oxygens (including phenoxy) is 2. The predicted octanol–water partition coefficient (Wildman–Crippen LogP) is 3.33. The summed E-state index contributed by atoms with van der Waals surface area (Å²) < 4.78 is 24.1. The van der Waals surface area contributed by atoms with Crippen LogP contribution in [0.25, 0.3) is 0 Å². The van der Waals surface area contributed by atoms with E-state index in [9.17, 15) is 19.5 Å². The first-order valence-electron chi connectivity index (χ1n) is 14.0. The van der Waals surface area contributed by atoms with Crippen molar-refractivity contribution in [2.45, 2.75) is 43.5 Å². The van der Waals surface area contributed by atoms with E-state index >= 15 is 0 Å². The molecule has 3 atom stereocenters. The van der Waals surface area contributed by atoms with E-state index in [1.807, 2.05) is 18.2 Å². The van der Waals surface area contributed by atoms with Crippen molar-refractivity contribution in [2.24, 2.45) is 5.73 Å². The van der Waals surface area contributed by atoms with Gasteiger partial charge in [-0.15, -0.1) is 0 Å². The third kappa shape index (κ3) is 6.66. The fourth-order valence-corrected chi connectivity index (χ4v) is 7.08. The summed E-state index contributed by atoms with van der Waals surface area (Å²) in [6, 6.07) is 15.2. The van der Waals surface area contributed by atoms with Crippen molar-refractivity contribution >= 4 is 22.8 Å². The highest BCUT2D eigenvalue weighted by atomic mass is 32.2. The van der Waals surface area contributed by atoms with E-state index in [1.54, 1.807) is 31.4 Å². The normalized spacial score (nSPS) is 19.3. The summed E-state index contributed by atoms with van der Waals surface area (Å²) in [5.41, 5.74) is 7.56. The summed E-state index contributed by atoms with van der Waals surface area (Å²) in [5.74, 6) is -0.657. The average Bonchev–Trinajstić information content (AvgIpc) is 3.00. The summed E-state index contributed by atoms with van der Waals surface area (Å²) in [4.78, 5) is 29.5. The van der Waals surface area contributed by atoms with Gasteiger partial charge < -0.3 is 30.0 Å². The number of rotatable bonds is 11. The molecular formula is C30H39N5O6S. The van der Waals surface area contributed by atoms with Crippen LogP contribution in [0.5, 0.6) is 5.75 Å². The van der Waals surface area contributed by atoms with E-state index in [4.69, 9.17) is 15.2 Å². The largest absolute Gasteiger partial charge is 0.611 e. The first kappa shape index (κ1) is 31.2. The number of nitrogens with one attached hydrogen (secondary N) is 1. The molecule has 42 heavy (non-hydrogen) atoms. The standard InChI is InChI=1S/C30H39N5O6S/c1-20(33-15-17-34(18-16-33)23-12-6-7-13-24(23)40-3)10-9-19-42(39)25-14-8-5-11-22(25)26-27(30(36)41-4)29(31)32-21(2)28(26)35(37)38/h5-8,11-14,20,26,32H,9-10,15-19,31H2,1-4H3. The molecule has 1 saturated heterocycles. The Morgan fingerprint density at radius 1 is 1.14 bits per heavy atom. The molecule has 226 valence electrons. The number of hydrogen-bond acceptors (Lipinski definition) is 10. The zero-order chi connectivity index (χ0) is 30.4. The lowest BCUT2D eigenvalue weighted by Gasteiger charge is -2.39. The van der Waals surface area contributed by atoms with Crippen LogP contribution < -0.4 is 20.7 Å². The fourth-order valence-electron chi connectivity index (χ4n) is 5.75. The van der Waals surface area contributed by atoms with Crippen LogP contribution >= 0.6 is 0 Å². The molecule has 0 saturated carbocycles. The molecule has 0 aliphatic carbocycles. The van der Waals surface area contributed by atoms with Crippen molar-refractivity contribution in [3.05, 3.63) is 87.0 Å². The lowest BCUT2D eigenvalue weighted by molar-refractivity contribution is -0.431. The molecule has 0 amide bonds. The molecule has 0 bridgehead atoms. The zero-order valence-electron chi connectivity index (χ0n) is 24.5. The monoisotopic (exact) mass is 597 g/mol. The Hall–Kier alpha value is -3.74. The van der Waals surface area contributed by atoms with Crippen molar-refractivity contribution in [3.63, 3.8) is 0 Å². The van der Waals surface area contributed by atoms with Crippen molar-refractivity contribution in [3.8, 4) is 5.75 Å². The number of nitro groups is 1. The van der Waals surface area contributed by atoms with E-state index in [1.165, 1.54) is 14.0 Å². The molecule has 0 radical (unpaired) electrons. The predicted molar refractivity (Wildman–Crippen MR) is 162 cm³/mol. The van der Waals surface area contributed by atoms with Crippen LogP contribution in [0, 0.1) is 10.1 Å². The molecule has 4 rings (SSSR count). The number of piperazine rings is 1. The van der Waals surface area contributed by atoms with E-state index in [0.29, 0.717) is 28.7 Å². The number of nitrogens with two attached hydrogens (primary N) is 1. The second-order valence-electron chi connectivity index (χ2n) is 10.4. The van der Waals surface area contributed by atoms with Gasteiger partial charge in [0.05, 0.1) is 36.1 Å². The molecule has 1 fully saturated rings. The number of anilines is 1. The van der Waals surface area contributed by atoms with Gasteiger partial charge in [-0.25, -0.2) is 4.79 Å². The van der Waals surface area contributed by atoms with Gasteiger partial charge in [-0.2, -0.15) is 0 Å². The third-order valence-electron chi connectivity index (χ3n) is 7.95. The Labute approximate surface area is 249 Å². The number of esters is 1. The lowest BCUT2D eigenvalue weighted by Crippen LogP contribution is -2.49. The fraction of sp³-hybridized carbons (Fsp3) is 0.433. The van der Waals surface area contributed by atoms with E-state index < -0.39 is 28.0 Å². The number of carbonyl (C=O) groups is 1. The molecule has 3 unspecified atom stereocenters. The van der Waals surface area contributed by atoms with Gasteiger partial charge in [0.1, 0.15) is 23.2 Å². The molecule has 2 heterocycles. The topological polar surface area (TPSA) is 146 Å². The number of methoxy groups -OCH3 is 2. The van der Waals surface area contributed by atoms with E-state index in [0.717, 1.165) is 44.0 Å². The van der Waals surface area contributed by atoms with Gasteiger partial charge in [0, 0.05) is 37.8 Å². The molecule has 2 aliphatic heterocycles. The van der Waals surface area contributed by atoms with Crippen molar-refractivity contribution in [1.29, 1.82) is 0 Å². The summed E-state index contributed by atoms with van der Waals surface area (Å²) in [6.45, 7) is 7.35. The second kappa shape index (κ2) is 14.0. The molecule has 0 aromatic heterocycles. The molecule has 0 spiro atoms. The molecule has 11 nitrogen and oxygen atoms in total. The van der Waals surface area contributed by atoms with Gasteiger partial charge in [-0.3, -0.25) is 15.0 Å². The van der Waals surface area contributed by atoms with Gasteiger partial charge in [0.2, 0.25) is 0 Å². The van der Waals surface area contributed by atoms with E-state index in [-0.39, 0.29) is 22.8 Å². The Balaban J connectivity index is 1.42. The summed E-state index contributed by atoms with van der Waals surface area (Å²) in [7, 11) is 2.88. The van der Waals surface area contributed by atoms with Crippen LogP contribution in [-0.4, -0.2) is 72.5 Å². The van der Waals surface area contributed by atoms with E-state index in [2.05, 4.69) is 28.1 Å². The number of benzene rings is 2. The number of carbonyl (C=O) groups excluding carboxylic acids is 1. The number of allylic oxidation sites excluding steroid dienone is 2. The van der Waals surface area contributed by atoms with Crippen LogP contribution in [0.4, 0.5) is 5.69 Å². The second-order valence-corrected chi connectivity index (χ2v) is 12.0. The number of nitrogens with zero attached hydrogens (tertiary/aromatic N) is 3. The number of dihydropyridines is 1. The van der Waals surface area contributed by atoms with Crippen LogP contribution in [-0.2, 0) is 20.7 Å². The number of hydrogen-bond donors (Lipinski definition) is 2.